The summed E-state index contributed by atoms with van der Waals surface area (Å²) in [6.45, 7) is 10.9. The summed E-state index contributed by atoms with van der Waals surface area (Å²) >= 11 is 0. The molecule has 0 saturated carbocycles. The zero-order valence-corrected chi connectivity index (χ0v) is 24.3. The first-order chi connectivity index (χ1) is 19.9. The Kier molecular flexibility index (Phi) is 9.05. The van der Waals surface area contributed by atoms with Crippen molar-refractivity contribution in [1.82, 2.24) is 19.2 Å². The normalized spacial score (nSPS) is 19.4. The molecule has 1 unspecified atom stereocenters. The molecule has 1 atom stereocenters. The van der Waals surface area contributed by atoms with Crippen LogP contribution in [0.15, 0.2) is 48.2 Å². The van der Waals surface area contributed by atoms with Crippen molar-refractivity contribution in [2.24, 2.45) is 0 Å². The minimum Gasteiger partial charge on any atom is -0.505 e. The number of likely N-dealkylation sites (tertiary alicyclic amines) is 1. The molecule has 9 heteroatoms. The third kappa shape index (κ3) is 6.01. The lowest BCUT2D eigenvalue weighted by atomic mass is 9.96. The molecule has 41 heavy (non-hydrogen) atoms. The molecule has 0 radical (unpaired) electrons. The topological polar surface area (TPSA) is 96.6 Å². The van der Waals surface area contributed by atoms with Gasteiger partial charge in [-0.05, 0) is 56.0 Å². The summed E-state index contributed by atoms with van der Waals surface area (Å²) in [5, 5.41) is 11.6. The Labute approximate surface area is 241 Å². The zero-order chi connectivity index (χ0) is 28.9. The van der Waals surface area contributed by atoms with Crippen LogP contribution in [0.1, 0.15) is 61.2 Å². The number of aliphatic hydroxyl groups excluding tert-OH is 1. The quantitative estimate of drug-likeness (QED) is 0.158. The summed E-state index contributed by atoms with van der Waals surface area (Å²) in [6.07, 6.45) is 5.80. The Morgan fingerprint density at radius 1 is 1.05 bits per heavy atom. The molecule has 2 saturated heterocycles. The van der Waals surface area contributed by atoms with Crippen molar-refractivity contribution in [2.75, 3.05) is 46.0 Å². The van der Waals surface area contributed by atoms with E-state index in [0.717, 1.165) is 55.8 Å². The second-order valence-corrected chi connectivity index (χ2v) is 10.9. The number of fused-ring (bicyclic) bond motifs is 1. The average molecular weight is 561 g/mol. The number of aryl methyl sites for hydroxylation is 2. The van der Waals surface area contributed by atoms with Gasteiger partial charge in [0.1, 0.15) is 17.1 Å². The van der Waals surface area contributed by atoms with Crippen molar-refractivity contribution < 1.29 is 24.2 Å². The highest BCUT2D eigenvalue weighted by atomic mass is 16.5. The van der Waals surface area contributed by atoms with Crippen molar-refractivity contribution in [3.8, 4) is 5.75 Å². The van der Waals surface area contributed by atoms with Crippen LogP contribution in [0.25, 0.3) is 11.4 Å². The SMILES string of the molecule is CCCCCOc1ccc(C2C(=C(O)c3nc4c(C)cccn4c3C)C(=O)C(=O)N2CCCN2CCOCC2)cc1. The van der Waals surface area contributed by atoms with E-state index < -0.39 is 17.7 Å². The first kappa shape index (κ1) is 28.8. The number of ether oxygens (including phenoxy) is 2. The molecule has 1 amide bonds. The molecule has 218 valence electrons. The molecule has 0 bridgehead atoms. The van der Waals surface area contributed by atoms with E-state index in [0.29, 0.717) is 49.8 Å². The highest BCUT2D eigenvalue weighted by Crippen LogP contribution is 2.40. The van der Waals surface area contributed by atoms with Gasteiger partial charge in [-0.1, -0.05) is 38.0 Å². The van der Waals surface area contributed by atoms with E-state index in [-0.39, 0.29) is 11.3 Å². The van der Waals surface area contributed by atoms with Crippen molar-refractivity contribution in [1.29, 1.82) is 0 Å². The van der Waals surface area contributed by atoms with Crippen molar-refractivity contribution in [3.63, 3.8) is 0 Å². The van der Waals surface area contributed by atoms with Crippen LogP contribution in [-0.4, -0.2) is 82.0 Å². The van der Waals surface area contributed by atoms with Crippen LogP contribution in [0.4, 0.5) is 0 Å². The number of pyridine rings is 1. The third-order valence-corrected chi connectivity index (χ3v) is 8.04. The minimum absolute atomic E-state index is 0.0714. The lowest BCUT2D eigenvalue weighted by Crippen LogP contribution is -2.38. The number of imidazole rings is 1. The Hall–Kier alpha value is -3.69. The molecule has 9 nitrogen and oxygen atoms in total. The maximum absolute atomic E-state index is 13.5. The number of Topliss-reactive ketones (excluding diaryl/α,β-unsaturated/α-hetero) is 1. The van der Waals surface area contributed by atoms with Gasteiger partial charge in [0, 0.05) is 32.4 Å². The number of carbonyl (C=O) groups excluding carboxylic acids is 2. The van der Waals surface area contributed by atoms with Gasteiger partial charge < -0.3 is 23.9 Å². The highest BCUT2D eigenvalue weighted by Gasteiger charge is 2.46. The number of amides is 1. The summed E-state index contributed by atoms with van der Waals surface area (Å²) in [4.78, 5) is 35.6. The first-order valence-corrected chi connectivity index (χ1v) is 14.7. The van der Waals surface area contributed by atoms with E-state index in [1.807, 2.05) is 60.8 Å². The van der Waals surface area contributed by atoms with Crippen LogP contribution >= 0.6 is 0 Å². The van der Waals surface area contributed by atoms with Gasteiger partial charge in [-0.25, -0.2) is 4.98 Å². The predicted octanol–water partition coefficient (Wildman–Crippen LogP) is 4.66. The first-order valence-electron chi connectivity index (χ1n) is 14.7. The number of carbonyl (C=O) groups is 2. The third-order valence-electron chi connectivity index (χ3n) is 8.04. The van der Waals surface area contributed by atoms with Crippen LogP contribution < -0.4 is 4.74 Å². The molecule has 2 fully saturated rings. The number of unbranched alkanes of at least 4 members (excludes halogenated alkanes) is 2. The van der Waals surface area contributed by atoms with Crippen LogP contribution in [0.3, 0.4) is 0 Å². The number of hydrogen-bond acceptors (Lipinski definition) is 7. The van der Waals surface area contributed by atoms with Crippen LogP contribution in [0.2, 0.25) is 0 Å². The molecule has 5 rings (SSSR count). The Morgan fingerprint density at radius 3 is 2.51 bits per heavy atom. The number of rotatable bonds is 11. The van der Waals surface area contributed by atoms with Crippen LogP contribution in [0.5, 0.6) is 5.75 Å². The number of ketones is 1. The van der Waals surface area contributed by atoms with Gasteiger partial charge in [0.15, 0.2) is 5.76 Å². The molecular weight excluding hydrogens is 520 g/mol. The number of aliphatic hydroxyl groups is 1. The number of benzene rings is 1. The lowest BCUT2D eigenvalue weighted by Gasteiger charge is -2.29. The number of aromatic nitrogens is 2. The summed E-state index contributed by atoms with van der Waals surface area (Å²) in [6, 6.07) is 10.6. The van der Waals surface area contributed by atoms with Gasteiger partial charge in [-0.2, -0.15) is 0 Å². The number of morpholine rings is 1. The average Bonchev–Trinajstić information content (AvgIpc) is 3.46. The fourth-order valence-corrected chi connectivity index (χ4v) is 5.71. The second-order valence-electron chi connectivity index (χ2n) is 10.9. The highest BCUT2D eigenvalue weighted by molar-refractivity contribution is 6.46. The van der Waals surface area contributed by atoms with E-state index in [1.165, 1.54) is 0 Å². The van der Waals surface area contributed by atoms with E-state index in [2.05, 4.69) is 16.8 Å². The van der Waals surface area contributed by atoms with Gasteiger partial charge >= 0.3 is 0 Å². The Bertz CT molecular complexity index is 1420. The van der Waals surface area contributed by atoms with Gasteiger partial charge in [0.05, 0.1) is 37.1 Å². The van der Waals surface area contributed by atoms with E-state index in [9.17, 15) is 14.7 Å². The van der Waals surface area contributed by atoms with Gasteiger partial charge in [0.2, 0.25) is 0 Å². The van der Waals surface area contributed by atoms with E-state index in [4.69, 9.17) is 9.47 Å². The summed E-state index contributed by atoms with van der Waals surface area (Å²) in [7, 11) is 0. The lowest BCUT2D eigenvalue weighted by molar-refractivity contribution is -0.140. The monoisotopic (exact) mass is 560 g/mol. The molecule has 1 N–H and O–H groups in total. The van der Waals surface area contributed by atoms with Crippen molar-refractivity contribution in [3.05, 3.63) is 70.7 Å². The smallest absolute Gasteiger partial charge is 0.295 e. The summed E-state index contributed by atoms with van der Waals surface area (Å²) < 4.78 is 13.2. The van der Waals surface area contributed by atoms with Crippen molar-refractivity contribution in [2.45, 2.75) is 52.5 Å². The maximum atomic E-state index is 13.5. The molecule has 2 aliphatic heterocycles. The zero-order valence-electron chi connectivity index (χ0n) is 24.3. The fraction of sp³-hybridized carbons (Fsp3) is 0.469. The summed E-state index contributed by atoms with van der Waals surface area (Å²) in [5.74, 6) is -0.798. The van der Waals surface area contributed by atoms with Crippen molar-refractivity contribution >= 4 is 23.1 Å². The van der Waals surface area contributed by atoms with Gasteiger partial charge in [-0.15, -0.1) is 0 Å². The molecule has 2 aliphatic rings. The number of hydrogen-bond donors (Lipinski definition) is 1. The Morgan fingerprint density at radius 2 is 1.80 bits per heavy atom. The standard InChI is InChI=1S/C32H40N4O5/c1-4-5-6-19-41-25-12-10-24(11-13-25)28-26(29(37)27-23(3)35-15-7-9-22(2)31(35)33-27)30(38)32(39)36(28)16-8-14-34-17-20-40-21-18-34/h7,9-13,15,28,37H,4-6,8,14,16-21H2,1-3H3. The van der Waals surface area contributed by atoms with Crippen LogP contribution in [-0.2, 0) is 14.3 Å². The fourth-order valence-electron chi connectivity index (χ4n) is 5.71. The molecule has 0 spiro atoms. The molecule has 4 heterocycles. The minimum atomic E-state index is -0.723. The van der Waals surface area contributed by atoms with Gasteiger partial charge in [-0.3, -0.25) is 14.5 Å². The number of nitrogens with zero attached hydrogens (tertiary/aromatic N) is 4. The summed E-state index contributed by atoms with van der Waals surface area (Å²) in [5.41, 5.74) is 3.48. The second kappa shape index (κ2) is 12.9. The van der Waals surface area contributed by atoms with E-state index in [1.54, 1.807) is 4.90 Å². The maximum Gasteiger partial charge on any atom is 0.295 e. The Balaban J connectivity index is 1.49. The molecule has 0 aliphatic carbocycles. The van der Waals surface area contributed by atoms with Gasteiger partial charge in [0.25, 0.3) is 11.7 Å². The van der Waals surface area contributed by atoms with E-state index >= 15 is 0 Å². The molecule has 3 aromatic rings. The largest absolute Gasteiger partial charge is 0.505 e. The molecular formula is C32H40N4O5. The predicted molar refractivity (Wildman–Crippen MR) is 157 cm³/mol. The molecule has 2 aromatic heterocycles. The van der Waals surface area contributed by atoms with Crippen LogP contribution in [0, 0.1) is 13.8 Å². The molecule has 1 aromatic carbocycles.